The van der Waals surface area contributed by atoms with Crippen molar-refractivity contribution in [3.8, 4) is 0 Å². The number of hydrogen-bond acceptors (Lipinski definition) is 2. The molecule has 0 aliphatic carbocycles. The molecule has 80 valence electrons. The highest BCUT2D eigenvalue weighted by Crippen LogP contribution is 2.26. The molecular weight excluding hydrogens is 254 g/mol. The fourth-order valence-electron chi connectivity index (χ4n) is 1.92. The van der Waals surface area contributed by atoms with Gasteiger partial charge in [0.2, 0.25) is 0 Å². The van der Waals surface area contributed by atoms with Crippen molar-refractivity contribution in [3.05, 3.63) is 28.2 Å². The summed E-state index contributed by atoms with van der Waals surface area (Å²) in [6.07, 6.45) is 1.37. The van der Waals surface area contributed by atoms with Gasteiger partial charge in [0.15, 0.2) is 0 Å². The highest BCUT2D eigenvalue weighted by atomic mass is 79.9. The number of piperidine rings is 1. The summed E-state index contributed by atoms with van der Waals surface area (Å²) in [4.78, 5) is 13.4. The molecular formula is C12H14BrNO. The number of Topliss-reactive ketones (excluding diaryl/α,β-unsaturated/α-hetero) is 1. The van der Waals surface area contributed by atoms with Crippen LogP contribution in [0.25, 0.3) is 0 Å². The van der Waals surface area contributed by atoms with Crippen LogP contribution < -0.4 is 4.90 Å². The van der Waals surface area contributed by atoms with Gasteiger partial charge in [-0.05, 0) is 24.6 Å². The largest absolute Gasteiger partial charge is 0.370 e. The molecule has 1 saturated heterocycles. The summed E-state index contributed by atoms with van der Waals surface area (Å²) in [5.41, 5.74) is 2.52. The maximum atomic E-state index is 11.2. The Labute approximate surface area is 98.4 Å². The summed E-state index contributed by atoms with van der Waals surface area (Å²) in [5, 5.41) is 0. The predicted molar refractivity (Wildman–Crippen MR) is 65.3 cm³/mol. The molecule has 0 amide bonds. The van der Waals surface area contributed by atoms with Crippen LogP contribution in [0.4, 0.5) is 5.69 Å². The number of carbonyl (C=O) groups excluding carboxylic acids is 1. The van der Waals surface area contributed by atoms with Crippen LogP contribution in [0.1, 0.15) is 18.4 Å². The highest BCUT2D eigenvalue weighted by molar-refractivity contribution is 9.10. The zero-order valence-electron chi connectivity index (χ0n) is 8.79. The van der Waals surface area contributed by atoms with Gasteiger partial charge >= 0.3 is 0 Å². The molecule has 1 aliphatic rings. The topological polar surface area (TPSA) is 20.3 Å². The van der Waals surface area contributed by atoms with Crippen molar-refractivity contribution in [1.82, 2.24) is 0 Å². The zero-order chi connectivity index (χ0) is 10.8. The molecule has 1 fully saturated rings. The second kappa shape index (κ2) is 4.35. The average molecular weight is 268 g/mol. The summed E-state index contributed by atoms with van der Waals surface area (Å²) in [5.74, 6) is 0.388. The molecule has 1 heterocycles. The molecule has 15 heavy (non-hydrogen) atoms. The SMILES string of the molecule is Cc1ccc(Br)cc1N1CCC(=O)CC1. The Morgan fingerprint density at radius 1 is 1.27 bits per heavy atom. The third-order valence-corrected chi connectivity index (χ3v) is 3.33. The normalized spacial score (nSPS) is 16.9. The average Bonchev–Trinajstić information content (AvgIpc) is 2.23. The molecule has 0 radical (unpaired) electrons. The van der Waals surface area contributed by atoms with Crippen LogP contribution in [-0.4, -0.2) is 18.9 Å². The summed E-state index contributed by atoms with van der Waals surface area (Å²) in [6.45, 7) is 3.82. The molecule has 2 rings (SSSR count). The maximum absolute atomic E-state index is 11.2. The molecule has 0 atom stereocenters. The van der Waals surface area contributed by atoms with Gasteiger partial charge in [-0.1, -0.05) is 22.0 Å². The minimum absolute atomic E-state index is 0.388. The summed E-state index contributed by atoms with van der Waals surface area (Å²) >= 11 is 3.48. The molecule has 0 bridgehead atoms. The molecule has 0 N–H and O–H groups in total. The van der Waals surface area contributed by atoms with Gasteiger partial charge in [-0.25, -0.2) is 0 Å². The van der Waals surface area contributed by atoms with Crippen LogP contribution in [0.5, 0.6) is 0 Å². The second-order valence-electron chi connectivity index (χ2n) is 3.96. The number of benzene rings is 1. The fourth-order valence-corrected chi connectivity index (χ4v) is 2.27. The lowest BCUT2D eigenvalue weighted by Gasteiger charge is -2.29. The number of anilines is 1. The van der Waals surface area contributed by atoms with Gasteiger partial charge in [-0.2, -0.15) is 0 Å². The Bertz CT molecular complexity index is 379. The Hall–Kier alpha value is -0.830. The first kappa shape index (κ1) is 10.7. The lowest BCUT2D eigenvalue weighted by molar-refractivity contribution is -0.119. The van der Waals surface area contributed by atoms with Crippen LogP contribution in [0.15, 0.2) is 22.7 Å². The van der Waals surface area contributed by atoms with Crippen molar-refractivity contribution in [2.45, 2.75) is 19.8 Å². The Morgan fingerprint density at radius 3 is 2.60 bits per heavy atom. The van der Waals surface area contributed by atoms with Crippen molar-refractivity contribution in [1.29, 1.82) is 0 Å². The third-order valence-electron chi connectivity index (χ3n) is 2.83. The molecule has 3 heteroatoms. The summed E-state index contributed by atoms with van der Waals surface area (Å²) in [6, 6.07) is 6.29. The predicted octanol–water partition coefficient (Wildman–Crippen LogP) is 2.93. The number of rotatable bonds is 1. The quantitative estimate of drug-likeness (QED) is 0.780. The minimum Gasteiger partial charge on any atom is -0.370 e. The van der Waals surface area contributed by atoms with E-state index in [4.69, 9.17) is 0 Å². The Balaban J connectivity index is 2.21. The second-order valence-corrected chi connectivity index (χ2v) is 4.87. The van der Waals surface area contributed by atoms with Crippen LogP contribution in [0.3, 0.4) is 0 Å². The van der Waals surface area contributed by atoms with Gasteiger partial charge in [0.05, 0.1) is 0 Å². The fraction of sp³-hybridized carbons (Fsp3) is 0.417. The van der Waals surface area contributed by atoms with E-state index >= 15 is 0 Å². The Kier molecular flexibility index (Phi) is 3.10. The number of nitrogens with zero attached hydrogens (tertiary/aromatic N) is 1. The van der Waals surface area contributed by atoms with Crippen LogP contribution >= 0.6 is 15.9 Å². The van der Waals surface area contributed by atoms with Gasteiger partial charge in [-0.3, -0.25) is 4.79 Å². The van der Waals surface area contributed by atoms with E-state index in [1.807, 2.05) is 6.07 Å². The molecule has 0 spiro atoms. The van der Waals surface area contributed by atoms with E-state index in [0.717, 1.165) is 17.6 Å². The van der Waals surface area contributed by atoms with Crippen LogP contribution in [-0.2, 0) is 4.79 Å². The van der Waals surface area contributed by atoms with Gasteiger partial charge < -0.3 is 4.90 Å². The number of carbonyl (C=O) groups is 1. The molecule has 1 aromatic carbocycles. The number of aryl methyl sites for hydroxylation is 1. The van der Waals surface area contributed by atoms with Gasteiger partial charge in [0, 0.05) is 36.1 Å². The van der Waals surface area contributed by atoms with Gasteiger partial charge in [-0.15, -0.1) is 0 Å². The molecule has 0 unspecified atom stereocenters. The Morgan fingerprint density at radius 2 is 1.93 bits per heavy atom. The number of hydrogen-bond donors (Lipinski definition) is 0. The van der Waals surface area contributed by atoms with E-state index < -0.39 is 0 Å². The van der Waals surface area contributed by atoms with E-state index in [-0.39, 0.29) is 0 Å². The first-order valence-electron chi connectivity index (χ1n) is 5.19. The first-order chi connectivity index (χ1) is 7.16. The van der Waals surface area contributed by atoms with Crippen LogP contribution in [0.2, 0.25) is 0 Å². The van der Waals surface area contributed by atoms with E-state index in [0.29, 0.717) is 18.6 Å². The third kappa shape index (κ3) is 2.40. The molecule has 1 aromatic rings. The molecule has 2 nitrogen and oxygen atoms in total. The van der Waals surface area contributed by atoms with Crippen molar-refractivity contribution in [2.24, 2.45) is 0 Å². The minimum atomic E-state index is 0.388. The monoisotopic (exact) mass is 267 g/mol. The number of ketones is 1. The molecule has 0 aromatic heterocycles. The van der Waals surface area contributed by atoms with Crippen molar-refractivity contribution < 1.29 is 4.79 Å². The van der Waals surface area contributed by atoms with Crippen molar-refractivity contribution in [2.75, 3.05) is 18.0 Å². The van der Waals surface area contributed by atoms with E-state index in [1.165, 1.54) is 11.3 Å². The maximum Gasteiger partial charge on any atom is 0.136 e. The number of halogens is 1. The van der Waals surface area contributed by atoms with E-state index in [1.54, 1.807) is 0 Å². The molecule has 1 aliphatic heterocycles. The van der Waals surface area contributed by atoms with Crippen molar-refractivity contribution >= 4 is 27.4 Å². The smallest absolute Gasteiger partial charge is 0.136 e. The van der Waals surface area contributed by atoms with E-state index in [9.17, 15) is 4.79 Å². The lowest BCUT2D eigenvalue weighted by Crippen LogP contribution is -2.34. The summed E-state index contributed by atoms with van der Waals surface area (Å²) in [7, 11) is 0. The first-order valence-corrected chi connectivity index (χ1v) is 5.99. The zero-order valence-corrected chi connectivity index (χ0v) is 10.4. The molecule has 0 saturated carbocycles. The van der Waals surface area contributed by atoms with Crippen LogP contribution in [0, 0.1) is 6.92 Å². The summed E-state index contributed by atoms with van der Waals surface area (Å²) < 4.78 is 1.10. The van der Waals surface area contributed by atoms with Crippen molar-refractivity contribution in [3.63, 3.8) is 0 Å². The lowest BCUT2D eigenvalue weighted by atomic mass is 10.1. The van der Waals surface area contributed by atoms with Gasteiger partial charge in [0.25, 0.3) is 0 Å². The standard InChI is InChI=1S/C12H14BrNO/c1-9-2-3-10(13)8-12(9)14-6-4-11(15)5-7-14/h2-3,8H,4-7H2,1H3. The van der Waals surface area contributed by atoms with Gasteiger partial charge in [0.1, 0.15) is 5.78 Å². The highest BCUT2D eigenvalue weighted by Gasteiger charge is 2.17. The van der Waals surface area contributed by atoms with E-state index in [2.05, 4.69) is 39.9 Å².